The van der Waals surface area contributed by atoms with Crippen molar-refractivity contribution in [2.75, 3.05) is 12.8 Å². The molecule has 0 amide bonds. The maximum Gasteiger partial charge on any atom is 0.212 e. The maximum absolute atomic E-state index is 5.60. The summed E-state index contributed by atoms with van der Waals surface area (Å²) in [6, 6.07) is 7.50. The van der Waals surface area contributed by atoms with Crippen molar-refractivity contribution in [1.82, 2.24) is 9.97 Å². The molecule has 0 spiro atoms. The lowest BCUT2D eigenvalue weighted by Gasteiger charge is -2.06. The van der Waals surface area contributed by atoms with Gasteiger partial charge < -0.3 is 10.5 Å². The molecule has 82 valence electrons. The van der Waals surface area contributed by atoms with Gasteiger partial charge in [0, 0.05) is 29.1 Å². The second kappa shape index (κ2) is 4.18. The van der Waals surface area contributed by atoms with E-state index in [1.165, 1.54) is 0 Å². The lowest BCUT2D eigenvalue weighted by Crippen LogP contribution is -1.94. The van der Waals surface area contributed by atoms with Crippen LogP contribution in [0.2, 0.25) is 0 Å². The van der Waals surface area contributed by atoms with Gasteiger partial charge in [-0.15, -0.1) is 0 Å². The van der Waals surface area contributed by atoms with Gasteiger partial charge in [0.2, 0.25) is 5.88 Å². The number of hydrogen-bond acceptors (Lipinski definition) is 4. The van der Waals surface area contributed by atoms with E-state index in [0.29, 0.717) is 11.7 Å². The molecule has 4 nitrogen and oxygen atoms in total. The van der Waals surface area contributed by atoms with E-state index in [1.54, 1.807) is 19.4 Å². The van der Waals surface area contributed by atoms with Crippen LogP contribution in [0, 0.1) is 6.92 Å². The summed E-state index contributed by atoms with van der Waals surface area (Å²) in [5, 5.41) is 0. The van der Waals surface area contributed by atoms with Crippen LogP contribution in [-0.2, 0) is 0 Å². The van der Waals surface area contributed by atoms with E-state index in [2.05, 4.69) is 9.97 Å². The highest BCUT2D eigenvalue weighted by molar-refractivity contribution is 5.66. The number of anilines is 1. The van der Waals surface area contributed by atoms with Crippen LogP contribution in [0.3, 0.4) is 0 Å². The van der Waals surface area contributed by atoms with Crippen LogP contribution in [0.4, 0.5) is 5.82 Å². The molecule has 2 N–H and O–H groups in total. The smallest absolute Gasteiger partial charge is 0.212 e. The Morgan fingerprint density at radius 3 is 2.56 bits per heavy atom. The molecule has 0 aliphatic carbocycles. The molecule has 16 heavy (non-hydrogen) atoms. The Kier molecular flexibility index (Phi) is 2.72. The van der Waals surface area contributed by atoms with Crippen LogP contribution in [0.15, 0.2) is 30.5 Å². The molecule has 0 atom stereocenters. The van der Waals surface area contributed by atoms with Crippen LogP contribution in [0.5, 0.6) is 5.88 Å². The number of pyridine rings is 2. The number of rotatable bonds is 2. The first-order valence-electron chi connectivity index (χ1n) is 4.94. The SMILES string of the molecule is COc1ccc(-c2ccc(N)nc2C)cn1. The van der Waals surface area contributed by atoms with Gasteiger partial charge in [0.15, 0.2) is 0 Å². The molecular weight excluding hydrogens is 202 g/mol. The average molecular weight is 215 g/mol. The Labute approximate surface area is 94.1 Å². The predicted octanol–water partition coefficient (Wildman–Crippen LogP) is 2.04. The molecule has 0 aliphatic heterocycles. The van der Waals surface area contributed by atoms with Crippen LogP contribution < -0.4 is 10.5 Å². The fraction of sp³-hybridized carbons (Fsp3) is 0.167. The van der Waals surface area contributed by atoms with Crippen molar-refractivity contribution in [1.29, 1.82) is 0 Å². The minimum atomic E-state index is 0.530. The molecule has 2 heterocycles. The molecular formula is C12H13N3O. The molecule has 0 aromatic carbocycles. The highest BCUT2D eigenvalue weighted by Crippen LogP contribution is 2.23. The molecule has 2 aromatic rings. The van der Waals surface area contributed by atoms with E-state index in [4.69, 9.17) is 10.5 Å². The van der Waals surface area contributed by atoms with Crippen LogP contribution in [-0.4, -0.2) is 17.1 Å². The number of ether oxygens (including phenoxy) is 1. The monoisotopic (exact) mass is 215 g/mol. The highest BCUT2D eigenvalue weighted by Gasteiger charge is 2.04. The van der Waals surface area contributed by atoms with Gasteiger partial charge in [-0.05, 0) is 25.1 Å². The Bertz CT molecular complexity index is 494. The number of aryl methyl sites for hydroxylation is 1. The average Bonchev–Trinajstić information content (AvgIpc) is 2.29. The third kappa shape index (κ3) is 1.95. The van der Waals surface area contributed by atoms with Gasteiger partial charge in [0.25, 0.3) is 0 Å². The Morgan fingerprint density at radius 1 is 1.19 bits per heavy atom. The summed E-state index contributed by atoms with van der Waals surface area (Å²) >= 11 is 0. The first-order chi connectivity index (χ1) is 7.70. The fourth-order valence-corrected chi connectivity index (χ4v) is 1.55. The first kappa shape index (κ1) is 10.4. The molecule has 0 saturated carbocycles. The highest BCUT2D eigenvalue weighted by atomic mass is 16.5. The summed E-state index contributed by atoms with van der Waals surface area (Å²) in [5.74, 6) is 1.13. The van der Waals surface area contributed by atoms with Crippen LogP contribution in [0.25, 0.3) is 11.1 Å². The Morgan fingerprint density at radius 2 is 2.00 bits per heavy atom. The van der Waals surface area contributed by atoms with E-state index in [0.717, 1.165) is 16.8 Å². The van der Waals surface area contributed by atoms with Gasteiger partial charge in [0.1, 0.15) is 5.82 Å². The predicted molar refractivity (Wildman–Crippen MR) is 63.2 cm³/mol. The summed E-state index contributed by atoms with van der Waals surface area (Å²) in [5.41, 5.74) is 8.54. The summed E-state index contributed by atoms with van der Waals surface area (Å²) in [7, 11) is 1.60. The normalized spacial score (nSPS) is 10.1. The van der Waals surface area contributed by atoms with Gasteiger partial charge >= 0.3 is 0 Å². The largest absolute Gasteiger partial charge is 0.481 e. The lowest BCUT2D eigenvalue weighted by molar-refractivity contribution is 0.398. The zero-order valence-electron chi connectivity index (χ0n) is 9.27. The number of hydrogen-bond donors (Lipinski definition) is 1. The second-order valence-corrected chi connectivity index (χ2v) is 3.46. The molecule has 0 unspecified atom stereocenters. The number of nitrogens with two attached hydrogens (primary N) is 1. The molecule has 2 rings (SSSR count). The van der Waals surface area contributed by atoms with Gasteiger partial charge in [-0.25, -0.2) is 9.97 Å². The fourth-order valence-electron chi connectivity index (χ4n) is 1.55. The molecule has 4 heteroatoms. The van der Waals surface area contributed by atoms with Crippen molar-refractivity contribution in [2.24, 2.45) is 0 Å². The van der Waals surface area contributed by atoms with Crippen molar-refractivity contribution in [3.8, 4) is 17.0 Å². The molecule has 0 bridgehead atoms. The zero-order chi connectivity index (χ0) is 11.5. The van der Waals surface area contributed by atoms with Crippen molar-refractivity contribution in [3.05, 3.63) is 36.2 Å². The van der Waals surface area contributed by atoms with Crippen molar-refractivity contribution in [3.63, 3.8) is 0 Å². The van der Waals surface area contributed by atoms with Crippen molar-refractivity contribution >= 4 is 5.82 Å². The molecule has 2 aromatic heterocycles. The number of methoxy groups -OCH3 is 1. The van der Waals surface area contributed by atoms with Crippen molar-refractivity contribution in [2.45, 2.75) is 6.92 Å². The van der Waals surface area contributed by atoms with Crippen LogP contribution >= 0.6 is 0 Å². The van der Waals surface area contributed by atoms with Crippen molar-refractivity contribution < 1.29 is 4.74 Å². The van der Waals surface area contributed by atoms with E-state index in [1.807, 2.05) is 25.1 Å². The van der Waals surface area contributed by atoms with Gasteiger partial charge in [0.05, 0.1) is 7.11 Å². The van der Waals surface area contributed by atoms with E-state index >= 15 is 0 Å². The second-order valence-electron chi connectivity index (χ2n) is 3.46. The summed E-state index contributed by atoms with van der Waals surface area (Å²) < 4.78 is 5.01. The first-order valence-corrected chi connectivity index (χ1v) is 4.94. The molecule has 0 aliphatic rings. The van der Waals surface area contributed by atoms with Gasteiger partial charge in [-0.2, -0.15) is 0 Å². The topological polar surface area (TPSA) is 61.0 Å². The molecule has 0 radical (unpaired) electrons. The summed E-state index contributed by atoms with van der Waals surface area (Å²) in [4.78, 5) is 8.37. The maximum atomic E-state index is 5.60. The minimum absolute atomic E-state index is 0.530. The van der Waals surface area contributed by atoms with E-state index < -0.39 is 0 Å². The van der Waals surface area contributed by atoms with Crippen LogP contribution in [0.1, 0.15) is 5.69 Å². The minimum Gasteiger partial charge on any atom is -0.481 e. The summed E-state index contributed by atoms with van der Waals surface area (Å²) in [6.45, 7) is 1.93. The standard InChI is InChI=1S/C12H13N3O/c1-8-10(4-5-11(13)15-8)9-3-6-12(16-2)14-7-9/h3-7H,1-2H3,(H2,13,15). The zero-order valence-corrected chi connectivity index (χ0v) is 9.27. The number of aromatic nitrogens is 2. The molecule has 0 fully saturated rings. The Hall–Kier alpha value is -2.10. The van der Waals surface area contributed by atoms with E-state index in [-0.39, 0.29) is 0 Å². The van der Waals surface area contributed by atoms with Gasteiger partial charge in [-0.3, -0.25) is 0 Å². The van der Waals surface area contributed by atoms with E-state index in [9.17, 15) is 0 Å². The Balaban J connectivity index is 2.42. The lowest BCUT2D eigenvalue weighted by atomic mass is 10.1. The number of nitrogen functional groups attached to an aromatic ring is 1. The van der Waals surface area contributed by atoms with Gasteiger partial charge in [-0.1, -0.05) is 0 Å². The third-order valence-electron chi connectivity index (χ3n) is 2.36. The molecule has 0 saturated heterocycles. The number of nitrogens with zero attached hydrogens (tertiary/aromatic N) is 2. The summed E-state index contributed by atoms with van der Waals surface area (Å²) in [6.07, 6.45) is 1.76. The third-order valence-corrected chi connectivity index (χ3v) is 2.36. The quantitative estimate of drug-likeness (QED) is 0.832.